The lowest BCUT2D eigenvalue weighted by Crippen LogP contribution is -2.29. The molecule has 0 amide bonds. The molecule has 0 N–H and O–H groups in total. The smallest absolute Gasteiger partial charge is 0.197 e. The molecule has 0 spiro atoms. The van der Waals surface area contributed by atoms with Gasteiger partial charge in [0, 0.05) is 48.7 Å². The monoisotopic (exact) mass is 548 g/mol. The maximum Gasteiger partial charge on any atom is 0.197 e. The van der Waals surface area contributed by atoms with Crippen LogP contribution in [0.5, 0.6) is 0 Å². The maximum atomic E-state index is 14.3. The number of unbranched alkanes of at least 4 members (excludes halogenated alkanes) is 12. The molecule has 0 saturated heterocycles. The lowest BCUT2D eigenvalue weighted by Gasteiger charge is -2.29. The number of benzene rings is 2. The van der Waals surface area contributed by atoms with Gasteiger partial charge in [-0.1, -0.05) is 129 Å². The van der Waals surface area contributed by atoms with E-state index in [1.807, 2.05) is 12.1 Å². The molecule has 0 unspecified atom stereocenters. The standard InChI is InChI=1S/C37H60N2O/c1-5-9-13-21-29-38(30-22-14-10-6-2)35-27-19-17-25-33(35)37(40)34-26-18-20-28-36(34)39(31-23-15-11-7-3)32-24-16-12-8-4/h17-20,25-28H,5-16,21-24,29-32H2,1-4H3. The number of ketones is 1. The molecule has 0 saturated carbocycles. The van der Waals surface area contributed by atoms with Gasteiger partial charge in [-0.15, -0.1) is 0 Å². The summed E-state index contributed by atoms with van der Waals surface area (Å²) in [5.41, 5.74) is 3.95. The second-order valence-electron chi connectivity index (χ2n) is 11.6. The van der Waals surface area contributed by atoms with Gasteiger partial charge in [0.15, 0.2) is 5.78 Å². The number of carbonyl (C=O) groups is 1. The number of hydrogen-bond acceptors (Lipinski definition) is 3. The van der Waals surface area contributed by atoms with Crippen LogP contribution >= 0.6 is 0 Å². The molecule has 2 rings (SSSR count). The van der Waals surface area contributed by atoms with Crippen LogP contribution in [0, 0.1) is 0 Å². The van der Waals surface area contributed by atoms with Crippen molar-refractivity contribution in [3.05, 3.63) is 59.7 Å². The highest BCUT2D eigenvalue weighted by atomic mass is 16.1. The molecule has 0 aliphatic carbocycles. The van der Waals surface area contributed by atoms with E-state index in [9.17, 15) is 4.79 Å². The second kappa shape index (κ2) is 21.5. The van der Waals surface area contributed by atoms with Crippen LogP contribution in [0.4, 0.5) is 11.4 Å². The van der Waals surface area contributed by atoms with E-state index in [-0.39, 0.29) is 5.78 Å². The Hall–Kier alpha value is -2.29. The zero-order valence-corrected chi connectivity index (χ0v) is 26.6. The minimum atomic E-state index is 0.172. The molecule has 3 heteroatoms. The van der Waals surface area contributed by atoms with E-state index in [1.165, 1.54) is 103 Å². The Morgan fingerprint density at radius 2 is 0.750 bits per heavy atom. The summed E-state index contributed by atoms with van der Waals surface area (Å²) in [6.45, 7) is 13.2. The first kappa shape index (κ1) is 33.9. The fourth-order valence-electron chi connectivity index (χ4n) is 5.65. The van der Waals surface area contributed by atoms with E-state index < -0.39 is 0 Å². The average molecular weight is 549 g/mol. The van der Waals surface area contributed by atoms with Crippen LogP contribution in [-0.2, 0) is 0 Å². The van der Waals surface area contributed by atoms with Gasteiger partial charge in [0.25, 0.3) is 0 Å². The first-order valence-corrected chi connectivity index (χ1v) is 16.9. The first-order chi connectivity index (χ1) is 19.7. The lowest BCUT2D eigenvalue weighted by molar-refractivity contribution is 0.103. The Balaban J connectivity index is 2.34. The summed E-state index contributed by atoms with van der Waals surface area (Å²) < 4.78 is 0. The van der Waals surface area contributed by atoms with Gasteiger partial charge in [0.1, 0.15) is 0 Å². The number of anilines is 2. The maximum absolute atomic E-state index is 14.3. The number of carbonyl (C=O) groups excluding carboxylic acids is 1. The summed E-state index contributed by atoms with van der Waals surface area (Å²) in [4.78, 5) is 19.4. The highest BCUT2D eigenvalue weighted by Crippen LogP contribution is 2.30. The average Bonchev–Trinajstić information content (AvgIpc) is 2.99. The first-order valence-electron chi connectivity index (χ1n) is 16.9. The molecule has 40 heavy (non-hydrogen) atoms. The zero-order valence-electron chi connectivity index (χ0n) is 26.6. The summed E-state index contributed by atoms with van der Waals surface area (Å²) in [7, 11) is 0. The highest BCUT2D eigenvalue weighted by molar-refractivity contribution is 6.15. The van der Waals surface area contributed by atoms with Gasteiger partial charge in [-0.3, -0.25) is 4.79 Å². The predicted molar refractivity (Wildman–Crippen MR) is 177 cm³/mol. The number of rotatable bonds is 24. The molecule has 0 fully saturated rings. The van der Waals surface area contributed by atoms with Gasteiger partial charge in [-0.25, -0.2) is 0 Å². The number of para-hydroxylation sites is 2. The molecule has 0 radical (unpaired) electrons. The predicted octanol–water partition coefficient (Wildman–Crippen LogP) is 10.9. The van der Waals surface area contributed by atoms with Crippen LogP contribution in [0.1, 0.15) is 146 Å². The minimum absolute atomic E-state index is 0.172. The molecule has 2 aromatic carbocycles. The largest absolute Gasteiger partial charge is 0.371 e. The van der Waals surface area contributed by atoms with Crippen molar-refractivity contribution in [1.29, 1.82) is 0 Å². The van der Waals surface area contributed by atoms with Gasteiger partial charge < -0.3 is 9.80 Å². The van der Waals surface area contributed by atoms with Crippen molar-refractivity contribution < 1.29 is 4.79 Å². The van der Waals surface area contributed by atoms with Gasteiger partial charge >= 0.3 is 0 Å². The van der Waals surface area contributed by atoms with Crippen molar-refractivity contribution in [1.82, 2.24) is 0 Å². The topological polar surface area (TPSA) is 23.6 Å². The summed E-state index contributed by atoms with van der Waals surface area (Å²) in [6, 6.07) is 16.8. The van der Waals surface area contributed by atoms with E-state index in [0.717, 1.165) is 48.7 Å². The van der Waals surface area contributed by atoms with Crippen LogP contribution in [-0.4, -0.2) is 32.0 Å². The van der Waals surface area contributed by atoms with Crippen LogP contribution in [0.25, 0.3) is 0 Å². The Labute approximate surface area is 247 Å². The molecule has 224 valence electrons. The third-order valence-corrected chi connectivity index (χ3v) is 8.11. The molecular formula is C37H60N2O. The van der Waals surface area contributed by atoms with Crippen LogP contribution in [0.15, 0.2) is 48.5 Å². The quantitative estimate of drug-likeness (QED) is 0.0962. The Kier molecular flexibility index (Phi) is 18.2. The molecule has 0 aliphatic rings. The number of nitrogens with zero attached hydrogens (tertiary/aromatic N) is 2. The number of hydrogen-bond donors (Lipinski definition) is 0. The lowest BCUT2D eigenvalue weighted by atomic mass is 9.98. The highest BCUT2D eigenvalue weighted by Gasteiger charge is 2.22. The van der Waals surface area contributed by atoms with Gasteiger partial charge in [-0.05, 0) is 49.9 Å². The van der Waals surface area contributed by atoms with Gasteiger partial charge in [-0.2, -0.15) is 0 Å². The van der Waals surface area contributed by atoms with E-state index in [4.69, 9.17) is 0 Å². The van der Waals surface area contributed by atoms with Crippen LogP contribution < -0.4 is 9.80 Å². The Morgan fingerprint density at radius 1 is 0.450 bits per heavy atom. The summed E-state index contributed by atoms with van der Waals surface area (Å²) in [5.74, 6) is 0.172. The van der Waals surface area contributed by atoms with Crippen molar-refractivity contribution in [3.8, 4) is 0 Å². The third-order valence-electron chi connectivity index (χ3n) is 8.11. The van der Waals surface area contributed by atoms with Gasteiger partial charge in [0.2, 0.25) is 0 Å². The van der Waals surface area contributed by atoms with Crippen molar-refractivity contribution in [3.63, 3.8) is 0 Å². The van der Waals surface area contributed by atoms with Crippen molar-refractivity contribution in [2.24, 2.45) is 0 Å². The SMILES string of the molecule is CCCCCCN(CCCCCC)c1ccccc1C(=O)c1ccccc1N(CCCCCC)CCCCCC. The Bertz CT molecular complexity index is 826. The summed E-state index contributed by atoms with van der Waals surface area (Å²) in [5, 5.41) is 0. The molecule has 0 aliphatic heterocycles. The zero-order chi connectivity index (χ0) is 28.8. The summed E-state index contributed by atoms with van der Waals surface area (Å²) >= 11 is 0. The van der Waals surface area contributed by atoms with E-state index in [2.05, 4.69) is 73.9 Å². The van der Waals surface area contributed by atoms with Gasteiger partial charge in [0.05, 0.1) is 0 Å². The summed E-state index contributed by atoms with van der Waals surface area (Å²) in [6.07, 6.45) is 19.9. The van der Waals surface area contributed by atoms with E-state index in [0.29, 0.717) is 0 Å². The van der Waals surface area contributed by atoms with Crippen molar-refractivity contribution in [2.75, 3.05) is 36.0 Å². The molecule has 0 aromatic heterocycles. The van der Waals surface area contributed by atoms with E-state index >= 15 is 0 Å². The normalized spacial score (nSPS) is 11.1. The van der Waals surface area contributed by atoms with E-state index in [1.54, 1.807) is 0 Å². The fourth-order valence-corrected chi connectivity index (χ4v) is 5.65. The minimum Gasteiger partial charge on any atom is -0.371 e. The molecule has 0 atom stereocenters. The third kappa shape index (κ3) is 12.1. The molecule has 0 bridgehead atoms. The second-order valence-corrected chi connectivity index (χ2v) is 11.6. The molecule has 2 aromatic rings. The van der Waals surface area contributed by atoms with Crippen molar-refractivity contribution >= 4 is 17.2 Å². The molecule has 0 heterocycles. The van der Waals surface area contributed by atoms with Crippen LogP contribution in [0.3, 0.4) is 0 Å². The fraction of sp³-hybridized carbons (Fsp3) is 0.649. The molecule has 3 nitrogen and oxygen atoms in total. The molecular weight excluding hydrogens is 488 g/mol. The van der Waals surface area contributed by atoms with Crippen LogP contribution in [0.2, 0.25) is 0 Å². The van der Waals surface area contributed by atoms with Crippen molar-refractivity contribution in [2.45, 2.75) is 130 Å². The Morgan fingerprint density at radius 3 is 1.05 bits per heavy atom.